The van der Waals surface area contributed by atoms with Gasteiger partial charge in [-0.2, -0.15) is 5.10 Å². The Labute approximate surface area is 215 Å². The van der Waals surface area contributed by atoms with E-state index in [0.29, 0.717) is 6.42 Å². The molecule has 0 aliphatic heterocycles. The highest BCUT2D eigenvalue weighted by Gasteiger charge is 2.28. The molecule has 7 heteroatoms. The quantitative estimate of drug-likeness (QED) is 0.320. The molecule has 5 rings (SSSR count). The number of furan rings is 2. The number of benzene rings is 2. The van der Waals surface area contributed by atoms with Crippen molar-refractivity contribution in [3.05, 3.63) is 87.1 Å². The van der Waals surface area contributed by atoms with Gasteiger partial charge in [-0.3, -0.25) is 9.59 Å². The Morgan fingerprint density at radius 3 is 2.49 bits per heavy atom. The molecule has 37 heavy (non-hydrogen) atoms. The van der Waals surface area contributed by atoms with E-state index in [2.05, 4.69) is 21.9 Å². The molecule has 2 N–H and O–H groups in total. The Kier molecular flexibility index (Phi) is 6.46. The minimum atomic E-state index is -0.294. The first kappa shape index (κ1) is 24.6. The highest BCUT2D eigenvalue weighted by atomic mass is 16.4. The van der Waals surface area contributed by atoms with Crippen LogP contribution in [0.5, 0.6) is 0 Å². The summed E-state index contributed by atoms with van der Waals surface area (Å²) >= 11 is 0. The van der Waals surface area contributed by atoms with E-state index in [9.17, 15) is 9.59 Å². The van der Waals surface area contributed by atoms with Crippen LogP contribution in [0.2, 0.25) is 0 Å². The maximum Gasteiger partial charge on any atom is 0.291 e. The highest BCUT2D eigenvalue weighted by molar-refractivity contribution is 6.09. The van der Waals surface area contributed by atoms with Crippen LogP contribution in [0.4, 0.5) is 5.69 Å². The monoisotopic (exact) mass is 497 g/mol. The molecule has 0 bridgehead atoms. The van der Waals surface area contributed by atoms with Gasteiger partial charge < -0.3 is 14.2 Å². The number of aryl methyl sites for hydroxylation is 5. The lowest BCUT2D eigenvalue weighted by molar-refractivity contribution is -0.120. The molecule has 0 fully saturated rings. The number of nitrogens with one attached hydrogen (secondary N) is 2. The van der Waals surface area contributed by atoms with E-state index in [4.69, 9.17) is 8.83 Å². The zero-order valence-corrected chi connectivity index (χ0v) is 21.9. The predicted molar refractivity (Wildman–Crippen MR) is 144 cm³/mol. The van der Waals surface area contributed by atoms with Gasteiger partial charge in [-0.15, -0.1) is 0 Å². The number of fused-ring (bicyclic) bond motifs is 2. The van der Waals surface area contributed by atoms with Crippen LogP contribution in [0, 0.1) is 34.6 Å². The third-order valence-corrected chi connectivity index (χ3v) is 7.02. The first-order valence-electron chi connectivity index (χ1n) is 12.5. The number of nitrogens with zero attached hydrogens (tertiary/aromatic N) is 1. The van der Waals surface area contributed by atoms with Gasteiger partial charge in [0, 0.05) is 34.2 Å². The summed E-state index contributed by atoms with van der Waals surface area (Å²) < 4.78 is 11.7. The topological polar surface area (TPSA) is 96.8 Å². The Balaban J connectivity index is 1.33. The molecule has 7 nitrogen and oxygen atoms in total. The number of rotatable bonds is 5. The molecular weight excluding hydrogens is 466 g/mol. The van der Waals surface area contributed by atoms with E-state index in [1.807, 2.05) is 58.9 Å². The van der Waals surface area contributed by atoms with Crippen LogP contribution < -0.4 is 10.7 Å². The Bertz CT molecular complexity index is 1550. The number of carbonyl (C=O) groups excluding carboxylic acids is 2. The highest BCUT2D eigenvalue weighted by Crippen LogP contribution is 2.31. The SMILES string of the molecule is Cc1cc(C)cc(NC(=O)c2oc3c(c2C)/C(=N/NC(=O)Cc2coc4c(C)c(C)ccc24)CCC3)c1. The smallest absolute Gasteiger partial charge is 0.291 e. The summed E-state index contributed by atoms with van der Waals surface area (Å²) in [5.74, 6) is 0.488. The molecule has 0 unspecified atom stereocenters. The summed E-state index contributed by atoms with van der Waals surface area (Å²) in [7, 11) is 0. The van der Waals surface area contributed by atoms with Crippen molar-refractivity contribution in [1.29, 1.82) is 0 Å². The number of carbonyl (C=O) groups is 2. The standard InChI is InChI=1S/C30H31N3O4/c1-16-11-17(2)13-22(12-16)31-30(35)29-20(5)27-24(7-6-8-25(27)37-29)32-33-26(34)14-21-15-36-28-19(4)18(3)9-10-23(21)28/h9-13,15H,6-8,14H2,1-5H3,(H,31,35)(H,33,34)/b32-24+. The van der Waals surface area contributed by atoms with Crippen molar-refractivity contribution in [3.63, 3.8) is 0 Å². The van der Waals surface area contributed by atoms with Gasteiger partial charge in [-0.25, -0.2) is 5.43 Å². The molecule has 2 aromatic heterocycles. The Morgan fingerprint density at radius 2 is 1.73 bits per heavy atom. The maximum atomic E-state index is 13.1. The summed E-state index contributed by atoms with van der Waals surface area (Å²) in [6.07, 6.45) is 4.05. The minimum absolute atomic E-state index is 0.160. The summed E-state index contributed by atoms with van der Waals surface area (Å²) in [6.45, 7) is 9.90. The Morgan fingerprint density at radius 1 is 0.973 bits per heavy atom. The largest absolute Gasteiger partial charge is 0.464 e. The van der Waals surface area contributed by atoms with Crippen molar-refractivity contribution in [3.8, 4) is 0 Å². The van der Waals surface area contributed by atoms with E-state index in [1.54, 1.807) is 6.26 Å². The van der Waals surface area contributed by atoms with Gasteiger partial charge in [-0.05, 0) is 81.8 Å². The Hall–Kier alpha value is -4.13. The number of amides is 2. The van der Waals surface area contributed by atoms with Crippen LogP contribution in [0.1, 0.15) is 68.1 Å². The van der Waals surface area contributed by atoms with Gasteiger partial charge in [-0.1, -0.05) is 18.2 Å². The molecule has 0 saturated heterocycles. The third-order valence-electron chi connectivity index (χ3n) is 7.02. The summed E-state index contributed by atoms with van der Waals surface area (Å²) in [5, 5.41) is 8.34. The molecule has 2 aromatic carbocycles. The van der Waals surface area contributed by atoms with Crippen LogP contribution in [0.25, 0.3) is 11.0 Å². The van der Waals surface area contributed by atoms with Gasteiger partial charge in [0.1, 0.15) is 11.3 Å². The van der Waals surface area contributed by atoms with Gasteiger partial charge in [0.15, 0.2) is 5.76 Å². The predicted octanol–water partition coefficient (Wildman–Crippen LogP) is 6.22. The molecular formula is C30H31N3O4. The second-order valence-electron chi connectivity index (χ2n) is 9.95. The lowest BCUT2D eigenvalue weighted by Crippen LogP contribution is -2.23. The van der Waals surface area contributed by atoms with Gasteiger partial charge >= 0.3 is 0 Å². The average molecular weight is 498 g/mol. The molecule has 0 radical (unpaired) electrons. The van der Waals surface area contributed by atoms with E-state index < -0.39 is 0 Å². The number of hydrogen-bond acceptors (Lipinski definition) is 5. The molecule has 1 aliphatic rings. The number of hydrazone groups is 1. The van der Waals surface area contributed by atoms with Crippen molar-refractivity contribution < 1.29 is 18.4 Å². The molecule has 4 aromatic rings. The zero-order chi connectivity index (χ0) is 26.3. The lowest BCUT2D eigenvalue weighted by Gasteiger charge is -2.13. The summed E-state index contributed by atoms with van der Waals surface area (Å²) in [5.41, 5.74) is 11.7. The minimum Gasteiger partial charge on any atom is -0.464 e. The van der Waals surface area contributed by atoms with E-state index >= 15 is 0 Å². The normalized spacial score (nSPS) is 14.1. The fraction of sp³-hybridized carbons (Fsp3) is 0.300. The first-order chi connectivity index (χ1) is 17.7. The fourth-order valence-electron chi connectivity index (χ4n) is 5.10. The van der Waals surface area contributed by atoms with Gasteiger partial charge in [0.25, 0.3) is 5.91 Å². The lowest BCUT2D eigenvalue weighted by atomic mass is 9.93. The average Bonchev–Trinajstić information content (AvgIpc) is 3.41. The van der Waals surface area contributed by atoms with Crippen molar-refractivity contribution in [2.45, 2.75) is 60.3 Å². The summed E-state index contributed by atoms with van der Waals surface area (Å²) in [4.78, 5) is 25.8. The van der Waals surface area contributed by atoms with Crippen molar-refractivity contribution in [2.24, 2.45) is 5.10 Å². The molecule has 190 valence electrons. The van der Waals surface area contributed by atoms with Crippen LogP contribution >= 0.6 is 0 Å². The fourth-order valence-corrected chi connectivity index (χ4v) is 5.10. The molecule has 0 spiro atoms. The molecule has 0 saturated carbocycles. The molecule has 2 heterocycles. The maximum absolute atomic E-state index is 13.1. The van der Waals surface area contributed by atoms with Crippen molar-refractivity contribution >= 4 is 34.2 Å². The third kappa shape index (κ3) is 4.81. The second kappa shape index (κ2) is 9.73. The van der Waals surface area contributed by atoms with Crippen molar-refractivity contribution in [2.75, 3.05) is 5.32 Å². The van der Waals surface area contributed by atoms with Crippen LogP contribution in [0.15, 0.2) is 50.5 Å². The zero-order valence-electron chi connectivity index (χ0n) is 21.9. The van der Waals surface area contributed by atoms with Crippen molar-refractivity contribution in [1.82, 2.24) is 5.43 Å². The van der Waals surface area contributed by atoms with Gasteiger partial charge in [0.2, 0.25) is 5.91 Å². The van der Waals surface area contributed by atoms with Crippen LogP contribution in [-0.4, -0.2) is 17.5 Å². The first-order valence-corrected chi connectivity index (χ1v) is 12.5. The molecule has 2 amide bonds. The molecule has 0 atom stereocenters. The summed E-state index contributed by atoms with van der Waals surface area (Å²) in [6, 6.07) is 9.94. The van der Waals surface area contributed by atoms with E-state index in [-0.39, 0.29) is 24.0 Å². The van der Waals surface area contributed by atoms with Crippen LogP contribution in [-0.2, 0) is 17.6 Å². The van der Waals surface area contributed by atoms with E-state index in [1.165, 1.54) is 0 Å². The van der Waals surface area contributed by atoms with Gasteiger partial charge in [0.05, 0.1) is 18.4 Å². The molecule has 1 aliphatic carbocycles. The number of anilines is 1. The number of hydrogen-bond donors (Lipinski definition) is 2. The van der Waals surface area contributed by atoms with E-state index in [0.717, 1.165) is 79.9 Å². The van der Waals surface area contributed by atoms with Crippen LogP contribution in [0.3, 0.4) is 0 Å². The second-order valence-corrected chi connectivity index (χ2v) is 9.95.